The summed E-state index contributed by atoms with van der Waals surface area (Å²) in [5.74, 6) is 0.477. The van der Waals surface area contributed by atoms with Crippen molar-refractivity contribution < 1.29 is 4.79 Å². The van der Waals surface area contributed by atoms with E-state index in [4.69, 9.17) is 0 Å². The minimum absolute atomic E-state index is 0.0601. The van der Waals surface area contributed by atoms with Crippen molar-refractivity contribution in [3.63, 3.8) is 0 Å². The molecule has 2 atom stereocenters. The highest BCUT2D eigenvalue weighted by atomic mass is 127. The van der Waals surface area contributed by atoms with Crippen LogP contribution < -0.4 is 5.32 Å². The molecule has 1 aliphatic rings. The van der Waals surface area contributed by atoms with E-state index in [1.165, 1.54) is 9.13 Å². The molecule has 1 aliphatic carbocycles. The highest BCUT2D eigenvalue weighted by molar-refractivity contribution is 14.1. The lowest BCUT2D eigenvalue weighted by Gasteiger charge is -2.31. The van der Waals surface area contributed by atoms with Gasteiger partial charge in [-0.05, 0) is 53.1 Å². The molecular formula is C19H20INO. The Bertz CT molecular complexity index is 641. The maximum absolute atomic E-state index is 12.4. The summed E-state index contributed by atoms with van der Waals surface area (Å²) in [4.78, 5) is 12.4. The number of carbonyl (C=O) groups excluding carboxylic acids is 1. The molecule has 3 heteroatoms. The predicted molar refractivity (Wildman–Crippen MR) is 98.9 cm³/mol. The first-order valence-electron chi connectivity index (χ1n) is 7.84. The Labute approximate surface area is 145 Å². The number of benzene rings is 2. The van der Waals surface area contributed by atoms with Crippen LogP contribution in [0.2, 0.25) is 0 Å². The Hall–Kier alpha value is -1.36. The van der Waals surface area contributed by atoms with Gasteiger partial charge in [-0.3, -0.25) is 4.79 Å². The molecule has 3 rings (SSSR count). The minimum atomic E-state index is 0.0601. The Kier molecular flexibility index (Phi) is 5.13. The Morgan fingerprint density at radius 3 is 2.45 bits per heavy atom. The molecule has 0 radical (unpaired) electrons. The monoisotopic (exact) mass is 405 g/mol. The second kappa shape index (κ2) is 7.27. The zero-order valence-electron chi connectivity index (χ0n) is 12.5. The van der Waals surface area contributed by atoms with Crippen LogP contribution >= 0.6 is 22.6 Å². The number of hydrogen-bond donors (Lipinski definition) is 1. The molecule has 0 saturated heterocycles. The second-order valence-corrected chi connectivity index (χ2v) is 6.99. The fourth-order valence-electron chi connectivity index (χ4n) is 3.18. The van der Waals surface area contributed by atoms with Gasteiger partial charge in [-0.25, -0.2) is 0 Å². The van der Waals surface area contributed by atoms with Crippen molar-refractivity contribution in [2.24, 2.45) is 5.92 Å². The predicted octanol–water partition coefficient (Wildman–Crippen LogP) is 5.20. The zero-order valence-corrected chi connectivity index (χ0v) is 14.6. The molecule has 0 heterocycles. The van der Waals surface area contributed by atoms with E-state index in [2.05, 4.69) is 52.2 Å². The maximum Gasteiger partial charge on any atom is 0.138 e. The van der Waals surface area contributed by atoms with Crippen LogP contribution in [0, 0.1) is 9.49 Å². The van der Waals surface area contributed by atoms with Crippen LogP contribution in [-0.2, 0) is 4.79 Å². The van der Waals surface area contributed by atoms with E-state index in [-0.39, 0.29) is 12.0 Å². The normalized spacial score (nSPS) is 19.7. The summed E-state index contributed by atoms with van der Waals surface area (Å²) in [5, 5.41) is 3.64. The molecule has 22 heavy (non-hydrogen) atoms. The molecular weight excluding hydrogens is 385 g/mol. The molecule has 0 aliphatic heterocycles. The van der Waals surface area contributed by atoms with Crippen molar-refractivity contribution in [3.8, 4) is 0 Å². The fourth-order valence-corrected chi connectivity index (χ4v) is 3.73. The van der Waals surface area contributed by atoms with Gasteiger partial charge in [0.15, 0.2) is 0 Å². The molecule has 2 nitrogen and oxygen atoms in total. The third-order valence-corrected chi connectivity index (χ3v) is 5.29. The van der Waals surface area contributed by atoms with Crippen molar-refractivity contribution in [2.75, 3.05) is 5.32 Å². The van der Waals surface area contributed by atoms with Crippen molar-refractivity contribution >= 4 is 34.1 Å². The van der Waals surface area contributed by atoms with Gasteiger partial charge in [-0.2, -0.15) is 0 Å². The summed E-state index contributed by atoms with van der Waals surface area (Å²) >= 11 is 2.34. The molecule has 2 aromatic rings. The summed E-state index contributed by atoms with van der Waals surface area (Å²) in [5.41, 5.74) is 2.30. The number of hydrogen-bond acceptors (Lipinski definition) is 2. The van der Waals surface area contributed by atoms with Gasteiger partial charge in [0.1, 0.15) is 5.78 Å². The van der Waals surface area contributed by atoms with E-state index in [1.807, 2.05) is 30.3 Å². The molecule has 1 fully saturated rings. The summed E-state index contributed by atoms with van der Waals surface area (Å²) in [6.07, 6.45) is 3.89. The highest BCUT2D eigenvalue weighted by Crippen LogP contribution is 2.35. The van der Waals surface area contributed by atoms with Gasteiger partial charge in [0.05, 0.1) is 6.04 Å². The Morgan fingerprint density at radius 1 is 1.00 bits per heavy atom. The molecule has 0 bridgehead atoms. The minimum Gasteiger partial charge on any atom is -0.377 e. The molecule has 1 N–H and O–H groups in total. The topological polar surface area (TPSA) is 29.1 Å². The Morgan fingerprint density at radius 2 is 1.73 bits per heavy atom. The average Bonchev–Trinajstić information content (AvgIpc) is 2.56. The van der Waals surface area contributed by atoms with Crippen LogP contribution in [0.5, 0.6) is 0 Å². The van der Waals surface area contributed by atoms with E-state index in [9.17, 15) is 4.79 Å². The number of carbonyl (C=O) groups is 1. The first-order chi connectivity index (χ1) is 10.8. The lowest BCUT2D eigenvalue weighted by Crippen LogP contribution is -2.30. The van der Waals surface area contributed by atoms with E-state index < -0.39 is 0 Å². The van der Waals surface area contributed by atoms with Crippen LogP contribution in [0.1, 0.15) is 37.3 Å². The molecule has 1 saturated carbocycles. The van der Waals surface area contributed by atoms with Gasteiger partial charge < -0.3 is 5.32 Å². The summed E-state index contributed by atoms with van der Waals surface area (Å²) in [7, 11) is 0. The maximum atomic E-state index is 12.4. The first kappa shape index (κ1) is 15.5. The standard InChI is InChI=1S/C19H20INO/c20-16-11-5-6-12-17(16)21-19(14-8-2-1-3-9-14)15-10-4-7-13-18(15)22/h1-3,5-6,8-9,11-12,15,19,21H,4,7,10,13H2/t15-,19-/m0/s1. The largest absolute Gasteiger partial charge is 0.377 e. The van der Waals surface area contributed by atoms with Crippen LogP contribution in [0.15, 0.2) is 54.6 Å². The van der Waals surface area contributed by atoms with Gasteiger partial charge in [-0.15, -0.1) is 0 Å². The first-order valence-corrected chi connectivity index (χ1v) is 8.92. The number of ketones is 1. The highest BCUT2D eigenvalue weighted by Gasteiger charge is 2.31. The average molecular weight is 405 g/mol. The van der Waals surface area contributed by atoms with Gasteiger partial charge in [-0.1, -0.05) is 48.9 Å². The van der Waals surface area contributed by atoms with Crippen LogP contribution in [-0.4, -0.2) is 5.78 Å². The van der Waals surface area contributed by atoms with Gasteiger partial charge in [0.2, 0.25) is 0 Å². The number of anilines is 1. The smallest absolute Gasteiger partial charge is 0.138 e. The van der Waals surface area contributed by atoms with E-state index in [0.717, 1.165) is 31.4 Å². The van der Waals surface area contributed by atoms with Gasteiger partial charge in [0, 0.05) is 21.6 Å². The van der Waals surface area contributed by atoms with Crippen LogP contribution in [0.25, 0.3) is 0 Å². The third kappa shape index (κ3) is 3.51. The van der Waals surface area contributed by atoms with Crippen molar-refractivity contribution in [3.05, 3.63) is 63.7 Å². The molecule has 0 spiro atoms. The number of halogens is 1. The Balaban J connectivity index is 1.93. The van der Waals surface area contributed by atoms with E-state index in [1.54, 1.807) is 0 Å². The molecule has 0 unspecified atom stereocenters. The molecule has 2 aromatic carbocycles. The third-order valence-electron chi connectivity index (χ3n) is 4.35. The molecule has 0 aromatic heterocycles. The van der Waals surface area contributed by atoms with Crippen LogP contribution in [0.3, 0.4) is 0 Å². The van der Waals surface area contributed by atoms with Crippen molar-refractivity contribution in [1.29, 1.82) is 0 Å². The number of nitrogens with one attached hydrogen (secondary N) is 1. The number of Topliss-reactive ketones (excluding diaryl/α,β-unsaturated/α-hetero) is 1. The van der Waals surface area contributed by atoms with E-state index >= 15 is 0 Å². The number of rotatable bonds is 4. The molecule has 114 valence electrons. The summed E-state index contributed by atoms with van der Waals surface area (Å²) < 4.78 is 1.18. The van der Waals surface area contributed by atoms with Crippen molar-refractivity contribution in [1.82, 2.24) is 0 Å². The van der Waals surface area contributed by atoms with Gasteiger partial charge >= 0.3 is 0 Å². The van der Waals surface area contributed by atoms with Crippen molar-refractivity contribution in [2.45, 2.75) is 31.7 Å². The fraction of sp³-hybridized carbons (Fsp3) is 0.316. The van der Waals surface area contributed by atoms with Crippen LogP contribution in [0.4, 0.5) is 5.69 Å². The zero-order chi connectivity index (χ0) is 15.4. The summed E-state index contributed by atoms with van der Waals surface area (Å²) in [6.45, 7) is 0. The SMILES string of the molecule is O=C1CCCC[C@@H]1[C@@H](Nc1ccccc1I)c1ccccc1. The second-order valence-electron chi connectivity index (χ2n) is 5.83. The lowest BCUT2D eigenvalue weighted by molar-refractivity contribution is -0.125. The van der Waals surface area contributed by atoms with Gasteiger partial charge in [0.25, 0.3) is 0 Å². The lowest BCUT2D eigenvalue weighted by atomic mass is 9.80. The number of para-hydroxylation sites is 1. The molecule has 0 amide bonds. The van der Waals surface area contributed by atoms with E-state index in [0.29, 0.717) is 5.78 Å². The summed E-state index contributed by atoms with van der Waals surface area (Å²) in [6, 6.07) is 18.7. The quantitative estimate of drug-likeness (QED) is 0.709.